The summed E-state index contributed by atoms with van der Waals surface area (Å²) in [5.74, 6) is -1.34. The second kappa shape index (κ2) is 6.83. The second-order valence-corrected chi connectivity index (χ2v) is 5.64. The van der Waals surface area contributed by atoms with Gasteiger partial charge in [-0.3, -0.25) is 19.7 Å². The minimum Gasteiger partial charge on any atom is -0.497 e. The molecule has 1 aliphatic rings. The van der Waals surface area contributed by atoms with E-state index in [-0.39, 0.29) is 37.4 Å². The Morgan fingerprint density at radius 1 is 1.42 bits per heavy atom. The van der Waals surface area contributed by atoms with Gasteiger partial charge in [0.2, 0.25) is 0 Å². The lowest BCUT2D eigenvalue weighted by Crippen LogP contribution is -2.40. The van der Waals surface area contributed by atoms with Gasteiger partial charge in [-0.05, 0) is 18.6 Å². The van der Waals surface area contributed by atoms with Crippen LogP contribution in [0.15, 0.2) is 18.2 Å². The van der Waals surface area contributed by atoms with E-state index in [0.29, 0.717) is 5.75 Å². The van der Waals surface area contributed by atoms with Crippen molar-refractivity contribution in [3.05, 3.63) is 33.9 Å². The summed E-state index contributed by atoms with van der Waals surface area (Å²) in [5.41, 5.74) is -1.67. The van der Waals surface area contributed by atoms with Gasteiger partial charge < -0.3 is 19.5 Å². The maximum atomic E-state index is 12.7. The molecule has 1 saturated heterocycles. The fourth-order valence-corrected chi connectivity index (χ4v) is 2.82. The van der Waals surface area contributed by atoms with Crippen LogP contribution in [0.5, 0.6) is 5.75 Å². The minimum absolute atomic E-state index is 0.0354. The van der Waals surface area contributed by atoms with E-state index >= 15 is 0 Å². The zero-order valence-electron chi connectivity index (χ0n) is 13.4. The van der Waals surface area contributed by atoms with Gasteiger partial charge >= 0.3 is 5.97 Å². The van der Waals surface area contributed by atoms with Crippen molar-refractivity contribution in [2.45, 2.75) is 6.42 Å². The van der Waals surface area contributed by atoms with Gasteiger partial charge in [0, 0.05) is 26.3 Å². The topological polar surface area (TPSA) is 119 Å². The van der Waals surface area contributed by atoms with Gasteiger partial charge in [-0.15, -0.1) is 0 Å². The van der Waals surface area contributed by atoms with Gasteiger partial charge in [0.05, 0.1) is 18.6 Å². The molecular weight excluding hydrogens is 320 g/mol. The first-order chi connectivity index (χ1) is 11.3. The molecule has 1 aromatic rings. The molecule has 1 amide bonds. The molecule has 0 spiro atoms. The molecule has 1 fully saturated rings. The fraction of sp³-hybridized carbons (Fsp3) is 0.467. The Morgan fingerprint density at radius 2 is 2.12 bits per heavy atom. The number of methoxy groups -OCH3 is 2. The van der Waals surface area contributed by atoms with Crippen LogP contribution < -0.4 is 4.74 Å². The number of carboxylic acids is 1. The van der Waals surface area contributed by atoms with E-state index in [2.05, 4.69) is 0 Å². The summed E-state index contributed by atoms with van der Waals surface area (Å²) in [7, 11) is 2.78. The van der Waals surface area contributed by atoms with Crippen molar-refractivity contribution in [1.82, 2.24) is 4.90 Å². The molecule has 0 bridgehead atoms. The van der Waals surface area contributed by atoms with Crippen molar-refractivity contribution in [3.8, 4) is 5.75 Å². The Hall–Kier alpha value is -2.68. The number of hydrogen-bond donors (Lipinski definition) is 1. The lowest BCUT2D eigenvalue weighted by molar-refractivity contribution is -0.385. The molecule has 0 radical (unpaired) electrons. The molecule has 0 aromatic heterocycles. The van der Waals surface area contributed by atoms with Gasteiger partial charge in [0.25, 0.3) is 11.6 Å². The van der Waals surface area contributed by atoms with E-state index in [1.54, 1.807) is 0 Å². The average molecular weight is 338 g/mol. The Labute approximate surface area is 137 Å². The average Bonchev–Trinajstić information content (AvgIpc) is 2.99. The van der Waals surface area contributed by atoms with Crippen molar-refractivity contribution in [1.29, 1.82) is 0 Å². The summed E-state index contributed by atoms with van der Waals surface area (Å²) in [6, 6.07) is 3.88. The number of nitro groups is 1. The number of likely N-dealkylation sites (tertiary alicyclic amines) is 1. The van der Waals surface area contributed by atoms with Crippen molar-refractivity contribution in [2.24, 2.45) is 5.41 Å². The van der Waals surface area contributed by atoms with E-state index in [4.69, 9.17) is 9.47 Å². The Bertz CT molecular complexity index is 676. The third-order valence-electron chi connectivity index (χ3n) is 4.15. The van der Waals surface area contributed by atoms with Crippen LogP contribution in [0.3, 0.4) is 0 Å². The molecule has 130 valence electrons. The van der Waals surface area contributed by atoms with Gasteiger partial charge in [0.1, 0.15) is 16.7 Å². The fourth-order valence-electron chi connectivity index (χ4n) is 2.82. The SMILES string of the molecule is COCC1(C(=O)O)CCN(C(=O)c2cc(OC)ccc2[N+](=O)[O-])C1. The first-order valence-corrected chi connectivity index (χ1v) is 7.18. The highest BCUT2D eigenvalue weighted by molar-refractivity contribution is 5.99. The minimum atomic E-state index is -1.20. The number of rotatable bonds is 6. The Morgan fingerprint density at radius 3 is 2.67 bits per heavy atom. The van der Waals surface area contributed by atoms with E-state index < -0.39 is 22.2 Å². The maximum Gasteiger partial charge on any atom is 0.313 e. The van der Waals surface area contributed by atoms with Crippen LogP contribution in [0.25, 0.3) is 0 Å². The Balaban J connectivity index is 2.33. The van der Waals surface area contributed by atoms with Crippen molar-refractivity contribution in [3.63, 3.8) is 0 Å². The summed E-state index contributed by atoms with van der Waals surface area (Å²) >= 11 is 0. The molecule has 1 unspecified atom stereocenters. The van der Waals surface area contributed by atoms with Crippen LogP contribution >= 0.6 is 0 Å². The van der Waals surface area contributed by atoms with Crippen LogP contribution in [-0.4, -0.2) is 60.7 Å². The number of carbonyl (C=O) groups is 2. The number of nitro benzene ring substituents is 1. The number of hydrogen-bond acceptors (Lipinski definition) is 6. The van der Waals surface area contributed by atoms with Gasteiger partial charge in [0.15, 0.2) is 0 Å². The predicted octanol–water partition coefficient (Wildman–Crippen LogP) is 1.17. The molecule has 1 aliphatic heterocycles. The third kappa shape index (κ3) is 3.16. The summed E-state index contributed by atoms with van der Waals surface area (Å²) in [6.45, 7) is 0.0819. The highest BCUT2D eigenvalue weighted by Gasteiger charge is 2.47. The summed E-state index contributed by atoms with van der Waals surface area (Å²) in [4.78, 5) is 36.0. The lowest BCUT2D eigenvalue weighted by Gasteiger charge is -2.23. The summed E-state index contributed by atoms with van der Waals surface area (Å²) in [6.07, 6.45) is 0.222. The number of amides is 1. The first-order valence-electron chi connectivity index (χ1n) is 7.18. The molecule has 1 aromatic carbocycles. The van der Waals surface area contributed by atoms with Crippen molar-refractivity contribution >= 4 is 17.6 Å². The molecule has 1 heterocycles. The lowest BCUT2D eigenvalue weighted by atomic mass is 9.88. The van der Waals surface area contributed by atoms with Crippen LogP contribution in [0, 0.1) is 15.5 Å². The van der Waals surface area contributed by atoms with Crippen molar-refractivity contribution < 1.29 is 29.1 Å². The number of carboxylic acid groups (broad SMARTS) is 1. The standard InChI is InChI=1S/C15H18N2O7/c1-23-9-15(14(19)20)5-6-16(8-15)13(18)11-7-10(24-2)3-4-12(11)17(21)22/h3-4,7H,5-6,8-9H2,1-2H3,(H,19,20). The zero-order valence-corrected chi connectivity index (χ0v) is 13.4. The Kier molecular flexibility index (Phi) is 5.03. The van der Waals surface area contributed by atoms with Gasteiger partial charge in [-0.1, -0.05) is 0 Å². The number of ether oxygens (including phenoxy) is 2. The highest BCUT2D eigenvalue weighted by atomic mass is 16.6. The normalized spacial score (nSPS) is 20.0. The van der Waals surface area contributed by atoms with Gasteiger partial charge in [-0.2, -0.15) is 0 Å². The molecule has 1 N–H and O–H groups in total. The third-order valence-corrected chi connectivity index (χ3v) is 4.15. The van der Waals surface area contributed by atoms with Crippen LogP contribution in [0.1, 0.15) is 16.8 Å². The molecule has 9 heteroatoms. The molecule has 0 saturated carbocycles. The number of nitrogens with zero attached hydrogens (tertiary/aromatic N) is 2. The molecule has 9 nitrogen and oxygen atoms in total. The second-order valence-electron chi connectivity index (χ2n) is 5.64. The zero-order chi connectivity index (χ0) is 17.9. The quantitative estimate of drug-likeness (QED) is 0.610. The van der Waals surface area contributed by atoms with Crippen LogP contribution in [0.2, 0.25) is 0 Å². The van der Waals surface area contributed by atoms with Gasteiger partial charge in [-0.25, -0.2) is 0 Å². The molecule has 24 heavy (non-hydrogen) atoms. The molecular formula is C15H18N2O7. The molecule has 0 aliphatic carbocycles. The predicted molar refractivity (Wildman–Crippen MR) is 82.1 cm³/mol. The highest BCUT2D eigenvalue weighted by Crippen LogP contribution is 2.34. The first kappa shape index (κ1) is 17.7. The van der Waals surface area contributed by atoms with Crippen LogP contribution in [-0.2, 0) is 9.53 Å². The maximum absolute atomic E-state index is 12.7. The van der Waals surface area contributed by atoms with E-state index in [1.165, 1.54) is 37.3 Å². The van der Waals surface area contributed by atoms with Crippen LogP contribution in [0.4, 0.5) is 5.69 Å². The number of benzene rings is 1. The smallest absolute Gasteiger partial charge is 0.313 e. The van der Waals surface area contributed by atoms with E-state index in [0.717, 1.165) is 0 Å². The van der Waals surface area contributed by atoms with Crippen molar-refractivity contribution in [2.75, 3.05) is 33.9 Å². The summed E-state index contributed by atoms with van der Waals surface area (Å²) < 4.78 is 9.99. The number of aliphatic carboxylic acids is 1. The summed E-state index contributed by atoms with van der Waals surface area (Å²) in [5, 5.41) is 20.6. The molecule has 1 atom stereocenters. The largest absolute Gasteiger partial charge is 0.497 e. The van der Waals surface area contributed by atoms with E-state index in [9.17, 15) is 24.8 Å². The monoisotopic (exact) mass is 338 g/mol. The molecule has 2 rings (SSSR count). The number of carbonyl (C=O) groups excluding carboxylic acids is 1. The van der Waals surface area contributed by atoms with E-state index in [1.807, 2.05) is 0 Å².